The van der Waals surface area contributed by atoms with Gasteiger partial charge in [-0.05, 0) is 30.3 Å². The third kappa shape index (κ3) is 2.15. The molecule has 3 aromatic rings. The first-order valence-corrected chi connectivity index (χ1v) is 5.22. The minimum absolute atomic E-state index is 0. The molecule has 92 valence electrons. The summed E-state index contributed by atoms with van der Waals surface area (Å²) in [5.41, 5.74) is 8.83. The Labute approximate surface area is 109 Å². The lowest BCUT2D eigenvalue weighted by Crippen LogP contribution is -1.87. The van der Waals surface area contributed by atoms with Gasteiger partial charge in [-0.1, -0.05) is 0 Å². The summed E-state index contributed by atoms with van der Waals surface area (Å²) in [7, 11) is 0. The van der Waals surface area contributed by atoms with Gasteiger partial charge in [0, 0.05) is 29.7 Å². The molecule has 0 aliphatic heterocycles. The van der Waals surface area contributed by atoms with Gasteiger partial charge in [-0.15, -0.1) is 12.4 Å². The molecule has 1 aromatic carbocycles. The number of halogens is 2. The van der Waals surface area contributed by atoms with E-state index in [0.29, 0.717) is 5.69 Å². The maximum Gasteiger partial charge on any atom is 0.139 e. The summed E-state index contributed by atoms with van der Waals surface area (Å²) >= 11 is 0. The van der Waals surface area contributed by atoms with Crippen molar-refractivity contribution < 1.29 is 4.39 Å². The number of anilines is 1. The van der Waals surface area contributed by atoms with Crippen molar-refractivity contribution in [3.05, 3.63) is 54.6 Å². The van der Waals surface area contributed by atoms with E-state index in [1.807, 2.05) is 22.9 Å². The first-order chi connectivity index (χ1) is 8.22. The van der Waals surface area contributed by atoms with E-state index < -0.39 is 0 Å². The van der Waals surface area contributed by atoms with E-state index in [4.69, 9.17) is 5.73 Å². The van der Waals surface area contributed by atoms with Crippen LogP contribution in [0.2, 0.25) is 0 Å². The van der Waals surface area contributed by atoms with E-state index in [1.54, 1.807) is 18.2 Å². The van der Waals surface area contributed by atoms with Crippen molar-refractivity contribution in [2.24, 2.45) is 0 Å². The highest BCUT2D eigenvalue weighted by Gasteiger charge is 2.04. The SMILES string of the molecule is Cl.Nc1ccn2cc(-c3ccc(F)cc3)nc2c1. The molecule has 0 aliphatic carbocycles. The van der Waals surface area contributed by atoms with Crippen LogP contribution in [0.4, 0.5) is 10.1 Å². The van der Waals surface area contributed by atoms with Gasteiger partial charge >= 0.3 is 0 Å². The van der Waals surface area contributed by atoms with Gasteiger partial charge in [-0.2, -0.15) is 0 Å². The minimum atomic E-state index is -0.248. The van der Waals surface area contributed by atoms with E-state index in [2.05, 4.69) is 4.98 Å². The number of nitrogens with zero attached hydrogens (tertiary/aromatic N) is 2. The molecular formula is C13H11ClFN3. The first kappa shape index (κ1) is 12.4. The van der Waals surface area contributed by atoms with Crippen LogP contribution in [0.1, 0.15) is 0 Å². The molecule has 0 unspecified atom stereocenters. The van der Waals surface area contributed by atoms with Gasteiger partial charge in [0.1, 0.15) is 11.5 Å². The molecule has 0 saturated carbocycles. The largest absolute Gasteiger partial charge is 0.399 e. The molecule has 0 bridgehead atoms. The Kier molecular flexibility index (Phi) is 3.21. The molecule has 2 N–H and O–H groups in total. The normalized spacial score (nSPS) is 10.3. The molecule has 2 heterocycles. The molecule has 0 atom stereocenters. The highest BCUT2D eigenvalue weighted by Crippen LogP contribution is 2.20. The molecular weight excluding hydrogens is 253 g/mol. The van der Waals surface area contributed by atoms with E-state index in [9.17, 15) is 4.39 Å². The quantitative estimate of drug-likeness (QED) is 0.733. The summed E-state index contributed by atoms with van der Waals surface area (Å²) in [6.07, 6.45) is 3.74. The molecule has 3 nitrogen and oxygen atoms in total. The van der Waals surface area contributed by atoms with E-state index in [1.165, 1.54) is 12.1 Å². The molecule has 0 amide bonds. The third-order valence-corrected chi connectivity index (χ3v) is 2.62. The Hall–Kier alpha value is -2.07. The van der Waals surface area contributed by atoms with Crippen molar-refractivity contribution in [2.75, 3.05) is 5.73 Å². The zero-order valence-corrected chi connectivity index (χ0v) is 10.2. The second kappa shape index (κ2) is 4.66. The van der Waals surface area contributed by atoms with E-state index >= 15 is 0 Å². The Morgan fingerprint density at radius 2 is 1.83 bits per heavy atom. The zero-order valence-electron chi connectivity index (χ0n) is 9.38. The van der Waals surface area contributed by atoms with Gasteiger partial charge in [0.2, 0.25) is 0 Å². The number of fused-ring (bicyclic) bond motifs is 1. The van der Waals surface area contributed by atoms with Crippen LogP contribution in [-0.2, 0) is 0 Å². The van der Waals surface area contributed by atoms with Gasteiger partial charge in [0.05, 0.1) is 5.69 Å². The van der Waals surface area contributed by atoms with Crippen LogP contribution >= 0.6 is 12.4 Å². The van der Waals surface area contributed by atoms with Crippen molar-refractivity contribution in [3.63, 3.8) is 0 Å². The number of nitrogens with two attached hydrogens (primary N) is 1. The van der Waals surface area contributed by atoms with Crippen LogP contribution in [0.15, 0.2) is 48.8 Å². The molecule has 0 aliphatic rings. The summed E-state index contributed by atoms with van der Waals surface area (Å²) in [5.74, 6) is -0.248. The Balaban J connectivity index is 0.00000120. The number of benzene rings is 1. The highest BCUT2D eigenvalue weighted by molar-refractivity contribution is 5.85. The summed E-state index contributed by atoms with van der Waals surface area (Å²) in [5, 5.41) is 0. The highest BCUT2D eigenvalue weighted by atomic mass is 35.5. The van der Waals surface area contributed by atoms with Gasteiger partial charge in [0.15, 0.2) is 0 Å². The van der Waals surface area contributed by atoms with Crippen molar-refractivity contribution in [2.45, 2.75) is 0 Å². The molecule has 0 spiro atoms. The van der Waals surface area contributed by atoms with Crippen LogP contribution in [0.5, 0.6) is 0 Å². The molecule has 0 radical (unpaired) electrons. The molecule has 3 rings (SSSR count). The number of pyridine rings is 1. The Morgan fingerprint density at radius 1 is 1.11 bits per heavy atom. The summed E-state index contributed by atoms with van der Waals surface area (Å²) in [4.78, 5) is 4.43. The van der Waals surface area contributed by atoms with Gasteiger partial charge in [-0.25, -0.2) is 9.37 Å². The average molecular weight is 264 g/mol. The molecule has 18 heavy (non-hydrogen) atoms. The molecule has 0 fully saturated rings. The lowest BCUT2D eigenvalue weighted by molar-refractivity contribution is 0.628. The van der Waals surface area contributed by atoms with Gasteiger partial charge in [-0.3, -0.25) is 0 Å². The number of rotatable bonds is 1. The van der Waals surface area contributed by atoms with E-state index in [-0.39, 0.29) is 18.2 Å². The second-order valence-corrected chi connectivity index (χ2v) is 3.86. The van der Waals surface area contributed by atoms with Crippen LogP contribution < -0.4 is 5.73 Å². The monoisotopic (exact) mass is 263 g/mol. The van der Waals surface area contributed by atoms with Gasteiger partial charge in [0.25, 0.3) is 0 Å². The van der Waals surface area contributed by atoms with Crippen LogP contribution in [0.25, 0.3) is 16.9 Å². The first-order valence-electron chi connectivity index (χ1n) is 5.22. The third-order valence-electron chi connectivity index (χ3n) is 2.62. The standard InChI is InChI=1S/C13H10FN3.ClH/c14-10-3-1-9(2-4-10)12-8-17-6-5-11(15)7-13(17)16-12;/h1-8H,15H2;1H. The van der Waals surface area contributed by atoms with Gasteiger partial charge < -0.3 is 10.1 Å². The van der Waals surface area contributed by atoms with E-state index in [0.717, 1.165) is 16.9 Å². The fourth-order valence-electron chi connectivity index (χ4n) is 1.76. The Bertz CT molecular complexity index is 676. The maximum atomic E-state index is 12.8. The molecule has 0 saturated heterocycles. The number of imidazole rings is 1. The van der Waals surface area contributed by atoms with Crippen molar-refractivity contribution in [3.8, 4) is 11.3 Å². The maximum absolute atomic E-state index is 12.8. The summed E-state index contributed by atoms with van der Waals surface area (Å²) < 4.78 is 14.7. The van der Waals surface area contributed by atoms with Crippen molar-refractivity contribution >= 4 is 23.7 Å². The number of nitrogen functional groups attached to an aromatic ring is 1. The lowest BCUT2D eigenvalue weighted by Gasteiger charge is -1.94. The lowest BCUT2D eigenvalue weighted by atomic mass is 10.2. The molecule has 2 aromatic heterocycles. The Morgan fingerprint density at radius 3 is 2.56 bits per heavy atom. The predicted octanol–water partition coefficient (Wildman–Crippen LogP) is 3.14. The molecule has 5 heteroatoms. The minimum Gasteiger partial charge on any atom is -0.399 e. The predicted molar refractivity (Wildman–Crippen MR) is 72.2 cm³/mol. The number of hydrogen-bond acceptors (Lipinski definition) is 2. The second-order valence-electron chi connectivity index (χ2n) is 3.86. The smallest absolute Gasteiger partial charge is 0.139 e. The number of aromatic nitrogens is 2. The summed E-state index contributed by atoms with van der Waals surface area (Å²) in [6.45, 7) is 0. The van der Waals surface area contributed by atoms with Crippen LogP contribution in [0.3, 0.4) is 0 Å². The zero-order chi connectivity index (χ0) is 11.8. The average Bonchev–Trinajstić information content (AvgIpc) is 2.72. The summed E-state index contributed by atoms with van der Waals surface area (Å²) in [6, 6.07) is 9.87. The van der Waals surface area contributed by atoms with Crippen molar-refractivity contribution in [1.29, 1.82) is 0 Å². The van der Waals surface area contributed by atoms with Crippen LogP contribution in [0, 0.1) is 5.82 Å². The van der Waals surface area contributed by atoms with Crippen LogP contribution in [-0.4, -0.2) is 9.38 Å². The topological polar surface area (TPSA) is 43.3 Å². The number of hydrogen-bond donors (Lipinski definition) is 1. The fraction of sp³-hybridized carbons (Fsp3) is 0. The fourth-order valence-corrected chi connectivity index (χ4v) is 1.76. The van der Waals surface area contributed by atoms with Crippen molar-refractivity contribution in [1.82, 2.24) is 9.38 Å².